The van der Waals surface area contributed by atoms with E-state index in [1.165, 1.54) is 0 Å². The van der Waals surface area contributed by atoms with Crippen LogP contribution in [-0.2, 0) is 4.74 Å². The predicted octanol–water partition coefficient (Wildman–Crippen LogP) is 1.17. The van der Waals surface area contributed by atoms with Crippen LogP contribution in [0.4, 0.5) is 0 Å². The first-order chi connectivity index (χ1) is 5.55. The van der Waals surface area contributed by atoms with E-state index in [9.17, 15) is 0 Å². The summed E-state index contributed by atoms with van der Waals surface area (Å²) in [7, 11) is 0. The minimum atomic E-state index is 0.102. The first kappa shape index (κ1) is 9.55. The Bertz CT molecular complexity index is 181. The molecular formula is C9H18N2O. The number of hydrogen-bond donors (Lipinski definition) is 2. The maximum absolute atomic E-state index is 5.47. The Morgan fingerprint density at radius 3 is 2.58 bits per heavy atom. The van der Waals surface area contributed by atoms with Crippen molar-refractivity contribution in [1.82, 2.24) is 5.43 Å². The van der Waals surface area contributed by atoms with Gasteiger partial charge >= 0.3 is 0 Å². The number of nitrogens with one attached hydrogen (secondary N) is 1. The van der Waals surface area contributed by atoms with Crippen molar-refractivity contribution in [3.05, 3.63) is 11.8 Å². The van der Waals surface area contributed by atoms with Gasteiger partial charge in [-0.15, -0.1) is 0 Å². The molecule has 3 heteroatoms. The van der Waals surface area contributed by atoms with Crippen molar-refractivity contribution in [2.75, 3.05) is 6.61 Å². The van der Waals surface area contributed by atoms with Gasteiger partial charge < -0.3 is 4.74 Å². The predicted molar refractivity (Wildman–Crippen MR) is 49.2 cm³/mol. The van der Waals surface area contributed by atoms with Gasteiger partial charge in [0, 0.05) is 6.42 Å². The van der Waals surface area contributed by atoms with Crippen LogP contribution in [0, 0.1) is 5.41 Å². The second-order valence-corrected chi connectivity index (χ2v) is 4.21. The van der Waals surface area contributed by atoms with E-state index in [1.807, 2.05) is 0 Å². The molecule has 12 heavy (non-hydrogen) atoms. The molecule has 3 nitrogen and oxygen atoms in total. The van der Waals surface area contributed by atoms with E-state index in [1.54, 1.807) is 0 Å². The van der Waals surface area contributed by atoms with Gasteiger partial charge in [0.1, 0.15) is 5.76 Å². The van der Waals surface area contributed by atoms with E-state index in [4.69, 9.17) is 10.6 Å². The maximum atomic E-state index is 5.47. The number of hydrogen-bond acceptors (Lipinski definition) is 3. The number of hydrazine groups is 1. The molecule has 0 aliphatic carbocycles. The lowest BCUT2D eigenvalue weighted by molar-refractivity contribution is 0.168. The minimum absolute atomic E-state index is 0.102. The Hall–Kier alpha value is -0.540. The Morgan fingerprint density at radius 2 is 2.25 bits per heavy atom. The highest BCUT2D eigenvalue weighted by molar-refractivity contribution is 5.10. The van der Waals surface area contributed by atoms with Gasteiger partial charge in [-0.1, -0.05) is 20.8 Å². The molecule has 1 heterocycles. The van der Waals surface area contributed by atoms with E-state index in [0.717, 1.165) is 18.8 Å². The van der Waals surface area contributed by atoms with Gasteiger partial charge in [0.2, 0.25) is 0 Å². The van der Waals surface area contributed by atoms with Crippen LogP contribution in [0.2, 0.25) is 0 Å². The molecule has 0 aromatic carbocycles. The summed E-state index contributed by atoms with van der Waals surface area (Å²) in [5.41, 5.74) is 2.89. The van der Waals surface area contributed by atoms with E-state index >= 15 is 0 Å². The van der Waals surface area contributed by atoms with Crippen molar-refractivity contribution in [3.8, 4) is 0 Å². The molecule has 1 rings (SSSR count). The first-order valence-corrected chi connectivity index (χ1v) is 4.34. The Kier molecular flexibility index (Phi) is 2.75. The van der Waals surface area contributed by atoms with Crippen molar-refractivity contribution in [2.24, 2.45) is 11.3 Å². The number of rotatable bonds is 2. The lowest BCUT2D eigenvalue weighted by atomic mass is 9.86. The highest BCUT2D eigenvalue weighted by atomic mass is 16.5. The fourth-order valence-corrected chi connectivity index (χ4v) is 1.40. The van der Waals surface area contributed by atoms with Gasteiger partial charge in [-0.2, -0.15) is 0 Å². The summed E-state index contributed by atoms with van der Waals surface area (Å²) in [6.45, 7) is 7.21. The average Bonchev–Trinajstić information content (AvgIpc) is 2.38. The van der Waals surface area contributed by atoms with Crippen LogP contribution in [0.15, 0.2) is 11.8 Å². The summed E-state index contributed by atoms with van der Waals surface area (Å²) in [6, 6.07) is 0.125. The molecule has 1 unspecified atom stereocenters. The maximum Gasteiger partial charge on any atom is 0.111 e. The normalized spacial score (nSPS) is 20.2. The molecule has 1 atom stereocenters. The topological polar surface area (TPSA) is 47.3 Å². The third kappa shape index (κ3) is 1.99. The monoisotopic (exact) mass is 170 g/mol. The fraction of sp³-hybridized carbons (Fsp3) is 0.778. The largest absolute Gasteiger partial charge is 0.496 e. The molecule has 1 aliphatic rings. The summed E-state index contributed by atoms with van der Waals surface area (Å²) in [4.78, 5) is 0. The molecule has 0 aromatic rings. The van der Waals surface area contributed by atoms with Gasteiger partial charge in [-0.3, -0.25) is 5.84 Å². The molecular weight excluding hydrogens is 152 g/mol. The van der Waals surface area contributed by atoms with Crippen LogP contribution in [-0.4, -0.2) is 12.6 Å². The van der Waals surface area contributed by atoms with Crippen molar-refractivity contribution in [3.63, 3.8) is 0 Å². The van der Waals surface area contributed by atoms with Gasteiger partial charge in [0.25, 0.3) is 0 Å². The number of ether oxygens (including phenoxy) is 1. The summed E-state index contributed by atoms with van der Waals surface area (Å²) < 4.78 is 5.45. The van der Waals surface area contributed by atoms with Crippen LogP contribution in [0.5, 0.6) is 0 Å². The zero-order valence-corrected chi connectivity index (χ0v) is 8.05. The van der Waals surface area contributed by atoms with Gasteiger partial charge in [0.05, 0.1) is 12.6 Å². The average molecular weight is 170 g/mol. The SMILES string of the molecule is CC(C)(C)C(NN)C1=CCCO1. The Balaban J connectivity index is 2.68. The lowest BCUT2D eigenvalue weighted by Gasteiger charge is -2.30. The molecule has 0 aromatic heterocycles. The van der Waals surface area contributed by atoms with Crippen molar-refractivity contribution < 1.29 is 4.74 Å². The summed E-state index contributed by atoms with van der Waals surface area (Å²) in [5, 5.41) is 0. The molecule has 0 fully saturated rings. The van der Waals surface area contributed by atoms with Gasteiger partial charge in [-0.25, -0.2) is 5.43 Å². The van der Waals surface area contributed by atoms with Crippen molar-refractivity contribution in [1.29, 1.82) is 0 Å². The first-order valence-electron chi connectivity index (χ1n) is 4.34. The second-order valence-electron chi connectivity index (χ2n) is 4.21. The highest BCUT2D eigenvalue weighted by Crippen LogP contribution is 2.27. The molecule has 70 valence electrons. The standard InChI is InChI=1S/C9H18N2O/c1-9(2,3)8(11-10)7-5-4-6-12-7/h5,8,11H,4,6,10H2,1-3H3. The summed E-state index contributed by atoms with van der Waals surface area (Å²) in [5.74, 6) is 6.46. The van der Waals surface area contributed by atoms with Crippen LogP contribution in [0.1, 0.15) is 27.2 Å². The van der Waals surface area contributed by atoms with E-state index in [2.05, 4.69) is 32.3 Å². The molecule has 0 saturated heterocycles. The Morgan fingerprint density at radius 1 is 1.58 bits per heavy atom. The highest BCUT2D eigenvalue weighted by Gasteiger charge is 2.29. The van der Waals surface area contributed by atoms with Crippen LogP contribution in [0.25, 0.3) is 0 Å². The third-order valence-electron chi connectivity index (χ3n) is 2.05. The van der Waals surface area contributed by atoms with E-state index in [-0.39, 0.29) is 11.5 Å². The lowest BCUT2D eigenvalue weighted by Crippen LogP contribution is -2.45. The zero-order valence-electron chi connectivity index (χ0n) is 8.05. The number of nitrogens with two attached hydrogens (primary N) is 1. The molecule has 0 saturated carbocycles. The second kappa shape index (κ2) is 3.46. The van der Waals surface area contributed by atoms with Gasteiger partial charge in [-0.05, 0) is 11.5 Å². The van der Waals surface area contributed by atoms with Gasteiger partial charge in [0.15, 0.2) is 0 Å². The Labute approximate surface area is 73.9 Å². The zero-order chi connectivity index (χ0) is 9.19. The van der Waals surface area contributed by atoms with Crippen LogP contribution in [0.3, 0.4) is 0 Å². The molecule has 0 spiro atoms. The summed E-state index contributed by atoms with van der Waals surface area (Å²) in [6.07, 6.45) is 3.11. The minimum Gasteiger partial charge on any atom is -0.496 e. The quantitative estimate of drug-likeness (QED) is 0.483. The van der Waals surface area contributed by atoms with E-state index < -0.39 is 0 Å². The summed E-state index contributed by atoms with van der Waals surface area (Å²) >= 11 is 0. The molecule has 0 radical (unpaired) electrons. The van der Waals surface area contributed by atoms with Crippen molar-refractivity contribution in [2.45, 2.75) is 33.2 Å². The molecule has 3 N–H and O–H groups in total. The molecule has 1 aliphatic heterocycles. The fourth-order valence-electron chi connectivity index (χ4n) is 1.40. The van der Waals surface area contributed by atoms with Crippen LogP contribution < -0.4 is 11.3 Å². The third-order valence-corrected chi connectivity index (χ3v) is 2.05. The van der Waals surface area contributed by atoms with Crippen molar-refractivity contribution >= 4 is 0 Å². The smallest absolute Gasteiger partial charge is 0.111 e. The molecule has 0 bridgehead atoms. The van der Waals surface area contributed by atoms with E-state index in [0.29, 0.717) is 0 Å². The van der Waals surface area contributed by atoms with Crippen LogP contribution >= 0.6 is 0 Å². The molecule has 0 amide bonds.